The number of likely N-dealkylation sites (tertiary alicyclic amines) is 1. The fourth-order valence-corrected chi connectivity index (χ4v) is 1.64. The normalized spacial score (nSPS) is 16.0. The zero-order chi connectivity index (χ0) is 11.7. The van der Waals surface area contributed by atoms with Gasteiger partial charge in [0.05, 0.1) is 13.0 Å². The van der Waals surface area contributed by atoms with Crippen molar-refractivity contribution in [3.8, 4) is 0 Å². The average Bonchev–Trinajstić information content (AvgIpc) is 2.50. The molecule has 5 heteroatoms. The summed E-state index contributed by atoms with van der Waals surface area (Å²) in [4.78, 5) is 23.5. The maximum Gasteiger partial charge on any atom is 0.230 e. The van der Waals surface area contributed by atoms with Crippen molar-refractivity contribution in [2.24, 2.45) is 0 Å². The molecule has 16 heavy (non-hydrogen) atoms. The van der Waals surface area contributed by atoms with E-state index in [9.17, 15) is 18.4 Å². The van der Waals surface area contributed by atoms with Gasteiger partial charge in [-0.3, -0.25) is 9.59 Å². The predicted molar refractivity (Wildman–Crippen MR) is 51.4 cm³/mol. The van der Waals surface area contributed by atoms with E-state index < -0.39 is 11.6 Å². The molecule has 0 atom stereocenters. The minimum Gasteiger partial charge on any atom is -0.331 e. The first-order valence-electron chi connectivity index (χ1n) is 4.79. The van der Waals surface area contributed by atoms with Gasteiger partial charge in [0.25, 0.3) is 0 Å². The molecule has 1 amide bonds. The molecule has 0 unspecified atom stereocenters. The van der Waals surface area contributed by atoms with E-state index in [0.717, 1.165) is 12.1 Å². The number of halogens is 2. The third kappa shape index (κ3) is 2.08. The maximum atomic E-state index is 13.3. The molecule has 1 saturated heterocycles. The van der Waals surface area contributed by atoms with Crippen LogP contribution in [0, 0.1) is 11.6 Å². The van der Waals surface area contributed by atoms with Gasteiger partial charge in [-0.05, 0) is 6.07 Å². The topological polar surface area (TPSA) is 37.4 Å². The number of rotatable bonds is 2. The van der Waals surface area contributed by atoms with Gasteiger partial charge in [0.1, 0.15) is 11.6 Å². The number of carbonyl (C=O) groups excluding carboxylic acids is 2. The number of nitrogens with zero attached hydrogens (tertiary/aromatic N) is 1. The second-order valence-electron chi connectivity index (χ2n) is 3.70. The van der Waals surface area contributed by atoms with Crippen molar-refractivity contribution in [1.82, 2.24) is 4.90 Å². The Labute approximate surface area is 90.7 Å². The van der Waals surface area contributed by atoms with Crippen LogP contribution in [0.3, 0.4) is 0 Å². The molecular weight excluding hydrogens is 216 g/mol. The Morgan fingerprint density at radius 1 is 1.25 bits per heavy atom. The first-order valence-corrected chi connectivity index (χ1v) is 4.79. The summed E-state index contributed by atoms with van der Waals surface area (Å²) in [5.74, 6) is -1.85. The molecule has 2 rings (SSSR count). The average molecular weight is 225 g/mol. The number of amides is 1. The van der Waals surface area contributed by atoms with Crippen LogP contribution in [0.25, 0.3) is 0 Å². The van der Waals surface area contributed by atoms with E-state index in [1.165, 1.54) is 11.0 Å². The highest BCUT2D eigenvalue weighted by Crippen LogP contribution is 2.15. The lowest BCUT2D eigenvalue weighted by Gasteiger charge is -2.14. The molecule has 0 spiro atoms. The SMILES string of the molecule is O=C1CC(=O)N(Cc2ccc(F)cc2F)C1. The van der Waals surface area contributed by atoms with Gasteiger partial charge in [0.15, 0.2) is 5.78 Å². The zero-order valence-electron chi connectivity index (χ0n) is 8.37. The van der Waals surface area contributed by atoms with Gasteiger partial charge in [-0.1, -0.05) is 6.07 Å². The number of carbonyl (C=O) groups is 2. The van der Waals surface area contributed by atoms with Crippen molar-refractivity contribution in [1.29, 1.82) is 0 Å². The summed E-state index contributed by atoms with van der Waals surface area (Å²) in [6, 6.07) is 3.17. The predicted octanol–water partition coefficient (Wildman–Crippen LogP) is 1.27. The number of benzene rings is 1. The standard InChI is InChI=1S/C11H9F2NO2/c12-8-2-1-7(10(13)3-8)5-14-6-9(15)4-11(14)16/h1-3H,4-6H2. The molecule has 1 aromatic carbocycles. The van der Waals surface area contributed by atoms with Gasteiger partial charge in [0, 0.05) is 18.2 Å². The highest BCUT2D eigenvalue weighted by Gasteiger charge is 2.27. The lowest BCUT2D eigenvalue weighted by molar-refractivity contribution is -0.128. The molecule has 1 aliphatic heterocycles. The number of ketones is 1. The van der Waals surface area contributed by atoms with Gasteiger partial charge in [-0.2, -0.15) is 0 Å². The van der Waals surface area contributed by atoms with Crippen LogP contribution in [-0.4, -0.2) is 23.1 Å². The first kappa shape index (κ1) is 10.7. The van der Waals surface area contributed by atoms with E-state index in [-0.39, 0.29) is 36.8 Å². The van der Waals surface area contributed by atoms with Crippen molar-refractivity contribution in [3.05, 3.63) is 35.4 Å². The fraction of sp³-hybridized carbons (Fsp3) is 0.273. The largest absolute Gasteiger partial charge is 0.331 e. The van der Waals surface area contributed by atoms with E-state index in [1.807, 2.05) is 0 Å². The van der Waals surface area contributed by atoms with Crippen molar-refractivity contribution in [2.45, 2.75) is 13.0 Å². The molecule has 0 aromatic heterocycles. The Bertz CT molecular complexity index is 459. The highest BCUT2D eigenvalue weighted by atomic mass is 19.1. The fourth-order valence-electron chi connectivity index (χ4n) is 1.64. The molecule has 1 aliphatic rings. The van der Waals surface area contributed by atoms with Gasteiger partial charge >= 0.3 is 0 Å². The van der Waals surface area contributed by atoms with Crippen LogP contribution in [0.15, 0.2) is 18.2 Å². The van der Waals surface area contributed by atoms with Gasteiger partial charge in [-0.25, -0.2) is 8.78 Å². The lowest BCUT2D eigenvalue weighted by Crippen LogP contribution is -2.25. The molecule has 0 N–H and O–H groups in total. The van der Waals surface area contributed by atoms with E-state index in [4.69, 9.17) is 0 Å². The Hall–Kier alpha value is -1.78. The molecule has 0 radical (unpaired) electrons. The Morgan fingerprint density at radius 3 is 2.56 bits per heavy atom. The Morgan fingerprint density at radius 2 is 2.00 bits per heavy atom. The third-order valence-corrected chi connectivity index (χ3v) is 2.44. The van der Waals surface area contributed by atoms with Crippen molar-refractivity contribution in [3.63, 3.8) is 0 Å². The molecule has 3 nitrogen and oxygen atoms in total. The maximum absolute atomic E-state index is 13.3. The van der Waals surface area contributed by atoms with Crippen molar-refractivity contribution >= 4 is 11.7 Å². The van der Waals surface area contributed by atoms with Crippen LogP contribution in [-0.2, 0) is 16.1 Å². The summed E-state index contributed by atoms with van der Waals surface area (Å²) in [6.45, 7) is 0.0202. The number of Topliss-reactive ketones (excluding diaryl/α,β-unsaturated/α-hetero) is 1. The molecular formula is C11H9F2NO2. The molecule has 1 heterocycles. The van der Waals surface area contributed by atoms with Crippen LogP contribution in [0.2, 0.25) is 0 Å². The van der Waals surface area contributed by atoms with E-state index in [2.05, 4.69) is 0 Å². The van der Waals surface area contributed by atoms with Crippen molar-refractivity contribution < 1.29 is 18.4 Å². The Kier molecular flexibility index (Phi) is 2.68. The van der Waals surface area contributed by atoms with Gasteiger partial charge in [0.2, 0.25) is 5.91 Å². The van der Waals surface area contributed by atoms with E-state index in [1.54, 1.807) is 0 Å². The summed E-state index contributed by atoms with van der Waals surface area (Å²) < 4.78 is 25.9. The third-order valence-electron chi connectivity index (χ3n) is 2.44. The molecule has 84 valence electrons. The summed E-state index contributed by atoms with van der Waals surface area (Å²) in [5, 5.41) is 0. The second kappa shape index (κ2) is 4.00. The monoisotopic (exact) mass is 225 g/mol. The molecule has 1 aromatic rings. The summed E-state index contributed by atoms with van der Waals surface area (Å²) in [6.07, 6.45) is -0.122. The van der Waals surface area contributed by atoms with Crippen LogP contribution < -0.4 is 0 Å². The van der Waals surface area contributed by atoms with Crippen LogP contribution in [0.1, 0.15) is 12.0 Å². The highest BCUT2D eigenvalue weighted by molar-refractivity contribution is 6.05. The second-order valence-corrected chi connectivity index (χ2v) is 3.70. The zero-order valence-corrected chi connectivity index (χ0v) is 8.37. The minimum absolute atomic E-state index is 0.00957. The summed E-state index contributed by atoms with van der Waals surface area (Å²) in [5.41, 5.74) is 0.212. The first-order chi connectivity index (χ1) is 7.56. The van der Waals surface area contributed by atoms with E-state index in [0.29, 0.717) is 0 Å². The molecule has 0 bridgehead atoms. The Balaban J connectivity index is 2.15. The smallest absolute Gasteiger partial charge is 0.230 e. The molecule has 0 aliphatic carbocycles. The molecule has 1 fully saturated rings. The molecule has 0 saturated carbocycles. The minimum atomic E-state index is -0.702. The van der Waals surface area contributed by atoms with Crippen LogP contribution in [0.4, 0.5) is 8.78 Å². The van der Waals surface area contributed by atoms with Gasteiger partial charge < -0.3 is 4.90 Å². The van der Waals surface area contributed by atoms with Crippen LogP contribution >= 0.6 is 0 Å². The number of hydrogen-bond acceptors (Lipinski definition) is 2. The lowest BCUT2D eigenvalue weighted by atomic mass is 10.2. The van der Waals surface area contributed by atoms with E-state index >= 15 is 0 Å². The quantitative estimate of drug-likeness (QED) is 0.711. The van der Waals surface area contributed by atoms with Crippen molar-refractivity contribution in [2.75, 3.05) is 6.54 Å². The number of hydrogen-bond donors (Lipinski definition) is 0. The summed E-state index contributed by atoms with van der Waals surface area (Å²) >= 11 is 0. The van der Waals surface area contributed by atoms with Crippen LogP contribution in [0.5, 0.6) is 0 Å². The van der Waals surface area contributed by atoms with Gasteiger partial charge in [-0.15, -0.1) is 0 Å². The summed E-state index contributed by atoms with van der Waals surface area (Å²) in [7, 11) is 0.